The van der Waals surface area contributed by atoms with E-state index in [1.165, 1.54) is 0 Å². The first-order chi connectivity index (χ1) is 7.17. The standard InChI is InChI=1S/C11H22N2O2/c1-3-9-4-5-12-10(6-9)11(15)13-8(2)7-14/h8-10,12,14H,3-7H2,1-2H3,(H,13,15)/t8-,9?,10?/m0/s1. The predicted molar refractivity (Wildman–Crippen MR) is 59.5 cm³/mol. The van der Waals surface area contributed by atoms with E-state index in [-0.39, 0.29) is 24.6 Å². The number of piperidine rings is 1. The second kappa shape index (κ2) is 6.08. The maximum absolute atomic E-state index is 11.7. The van der Waals surface area contributed by atoms with Crippen LogP contribution in [0.15, 0.2) is 0 Å². The number of amides is 1. The third-order valence-electron chi connectivity index (χ3n) is 3.07. The van der Waals surface area contributed by atoms with Crippen LogP contribution in [-0.2, 0) is 4.79 Å². The van der Waals surface area contributed by atoms with Crippen LogP contribution in [-0.4, -0.2) is 36.2 Å². The first kappa shape index (κ1) is 12.5. The Balaban J connectivity index is 2.38. The van der Waals surface area contributed by atoms with E-state index in [0.717, 1.165) is 25.8 Å². The summed E-state index contributed by atoms with van der Waals surface area (Å²) in [6.07, 6.45) is 3.22. The van der Waals surface area contributed by atoms with Crippen LogP contribution < -0.4 is 10.6 Å². The summed E-state index contributed by atoms with van der Waals surface area (Å²) in [5, 5.41) is 14.9. The van der Waals surface area contributed by atoms with Gasteiger partial charge in [0.2, 0.25) is 5.91 Å². The quantitative estimate of drug-likeness (QED) is 0.629. The molecule has 1 saturated heterocycles. The van der Waals surface area contributed by atoms with Gasteiger partial charge >= 0.3 is 0 Å². The maximum Gasteiger partial charge on any atom is 0.237 e. The Morgan fingerprint density at radius 3 is 3.00 bits per heavy atom. The second-order valence-electron chi connectivity index (χ2n) is 4.40. The summed E-state index contributed by atoms with van der Waals surface area (Å²) in [6, 6.07) is -0.223. The van der Waals surface area contributed by atoms with E-state index < -0.39 is 0 Å². The van der Waals surface area contributed by atoms with Crippen molar-refractivity contribution in [3.63, 3.8) is 0 Å². The number of nitrogens with one attached hydrogen (secondary N) is 2. The highest BCUT2D eigenvalue weighted by Crippen LogP contribution is 2.19. The van der Waals surface area contributed by atoms with Crippen molar-refractivity contribution in [2.75, 3.05) is 13.2 Å². The molecule has 0 saturated carbocycles. The monoisotopic (exact) mass is 214 g/mol. The smallest absolute Gasteiger partial charge is 0.237 e. The molecule has 0 aromatic heterocycles. The summed E-state index contributed by atoms with van der Waals surface area (Å²) in [7, 11) is 0. The summed E-state index contributed by atoms with van der Waals surface area (Å²) in [5.74, 6) is 0.682. The SMILES string of the molecule is CCC1CCNC(C(=O)N[C@@H](C)CO)C1. The largest absolute Gasteiger partial charge is 0.394 e. The highest BCUT2D eigenvalue weighted by Gasteiger charge is 2.26. The van der Waals surface area contributed by atoms with Gasteiger partial charge < -0.3 is 15.7 Å². The second-order valence-corrected chi connectivity index (χ2v) is 4.40. The predicted octanol–water partition coefficient (Wildman–Crippen LogP) is 0.262. The third-order valence-corrected chi connectivity index (χ3v) is 3.07. The van der Waals surface area contributed by atoms with Crippen molar-refractivity contribution in [3.8, 4) is 0 Å². The summed E-state index contributed by atoms with van der Waals surface area (Å²) >= 11 is 0. The van der Waals surface area contributed by atoms with Crippen molar-refractivity contribution in [1.82, 2.24) is 10.6 Å². The van der Waals surface area contributed by atoms with Crippen molar-refractivity contribution in [2.24, 2.45) is 5.92 Å². The first-order valence-electron chi connectivity index (χ1n) is 5.82. The molecule has 15 heavy (non-hydrogen) atoms. The van der Waals surface area contributed by atoms with E-state index in [0.29, 0.717) is 5.92 Å². The van der Waals surface area contributed by atoms with Crippen LogP contribution in [0, 0.1) is 5.92 Å². The molecule has 3 N–H and O–H groups in total. The molecule has 0 spiro atoms. The van der Waals surface area contributed by atoms with Crippen molar-refractivity contribution in [1.29, 1.82) is 0 Å². The lowest BCUT2D eigenvalue weighted by atomic mass is 9.90. The fourth-order valence-electron chi connectivity index (χ4n) is 1.96. The van der Waals surface area contributed by atoms with Gasteiger partial charge in [-0.05, 0) is 32.2 Å². The zero-order chi connectivity index (χ0) is 11.3. The van der Waals surface area contributed by atoms with E-state index in [4.69, 9.17) is 5.11 Å². The van der Waals surface area contributed by atoms with Crippen LogP contribution in [0.4, 0.5) is 0 Å². The minimum Gasteiger partial charge on any atom is -0.394 e. The average Bonchev–Trinajstić information content (AvgIpc) is 2.28. The van der Waals surface area contributed by atoms with Gasteiger partial charge in [0.25, 0.3) is 0 Å². The minimum absolute atomic E-state index is 0.00430. The topological polar surface area (TPSA) is 61.4 Å². The number of aliphatic hydroxyl groups is 1. The molecule has 88 valence electrons. The van der Waals surface area contributed by atoms with Crippen molar-refractivity contribution < 1.29 is 9.90 Å². The third kappa shape index (κ3) is 3.80. The number of hydrogen-bond donors (Lipinski definition) is 3. The van der Waals surface area contributed by atoms with Crippen molar-refractivity contribution >= 4 is 5.91 Å². The Morgan fingerprint density at radius 2 is 2.40 bits per heavy atom. The number of carbonyl (C=O) groups excluding carboxylic acids is 1. The van der Waals surface area contributed by atoms with Gasteiger partial charge in [-0.2, -0.15) is 0 Å². The van der Waals surface area contributed by atoms with E-state index in [9.17, 15) is 4.79 Å². The zero-order valence-corrected chi connectivity index (χ0v) is 9.62. The molecule has 1 heterocycles. The van der Waals surface area contributed by atoms with Crippen LogP contribution in [0.5, 0.6) is 0 Å². The highest BCUT2D eigenvalue weighted by atomic mass is 16.3. The number of rotatable bonds is 4. The molecule has 2 unspecified atom stereocenters. The lowest BCUT2D eigenvalue weighted by molar-refractivity contribution is -0.125. The van der Waals surface area contributed by atoms with E-state index in [1.54, 1.807) is 6.92 Å². The van der Waals surface area contributed by atoms with Crippen LogP contribution in [0.1, 0.15) is 33.1 Å². The Labute approximate surface area is 91.4 Å². The molecule has 1 rings (SSSR count). The van der Waals surface area contributed by atoms with Crippen molar-refractivity contribution in [2.45, 2.75) is 45.2 Å². The summed E-state index contributed by atoms with van der Waals surface area (Å²) in [4.78, 5) is 11.7. The van der Waals surface area contributed by atoms with E-state index in [2.05, 4.69) is 17.6 Å². The molecule has 0 aromatic carbocycles. The lowest BCUT2D eigenvalue weighted by Crippen LogP contribution is -2.51. The molecule has 3 atom stereocenters. The average molecular weight is 214 g/mol. The molecule has 1 fully saturated rings. The molecule has 0 aromatic rings. The van der Waals surface area contributed by atoms with Gasteiger partial charge in [-0.15, -0.1) is 0 Å². The fraction of sp³-hybridized carbons (Fsp3) is 0.909. The molecule has 1 aliphatic heterocycles. The van der Waals surface area contributed by atoms with Gasteiger partial charge in [-0.3, -0.25) is 4.79 Å². The lowest BCUT2D eigenvalue weighted by Gasteiger charge is -2.29. The minimum atomic E-state index is -0.152. The summed E-state index contributed by atoms with van der Waals surface area (Å²) in [5.41, 5.74) is 0. The van der Waals surface area contributed by atoms with Gasteiger partial charge in [-0.25, -0.2) is 0 Å². The molecule has 4 heteroatoms. The summed E-state index contributed by atoms with van der Waals surface area (Å²) in [6.45, 7) is 4.89. The van der Waals surface area contributed by atoms with Gasteiger partial charge in [0.05, 0.1) is 12.6 Å². The zero-order valence-electron chi connectivity index (χ0n) is 9.62. The molecule has 4 nitrogen and oxygen atoms in total. The van der Waals surface area contributed by atoms with Crippen LogP contribution in [0.2, 0.25) is 0 Å². The highest BCUT2D eigenvalue weighted by molar-refractivity contribution is 5.82. The number of aliphatic hydroxyl groups excluding tert-OH is 1. The van der Waals surface area contributed by atoms with E-state index in [1.807, 2.05) is 0 Å². The molecule has 0 bridgehead atoms. The number of hydrogen-bond acceptors (Lipinski definition) is 3. The Hall–Kier alpha value is -0.610. The van der Waals surface area contributed by atoms with Gasteiger partial charge in [-0.1, -0.05) is 13.3 Å². The first-order valence-corrected chi connectivity index (χ1v) is 5.82. The molecule has 1 amide bonds. The van der Waals surface area contributed by atoms with Gasteiger partial charge in [0, 0.05) is 6.04 Å². The molecule has 0 aliphatic carbocycles. The van der Waals surface area contributed by atoms with Crippen molar-refractivity contribution in [3.05, 3.63) is 0 Å². The fourth-order valence-corrected chi connectivity index (χ4v) is 1.96. The summed E-state index contributed by atoms with van der Waals surface area (Å²) < 4.78 is 0. The Morgan fingerprint density at radius 1 is 1.67 bits per heavy atom. The Bertz CT molecular complexity index is 209. The van der Waals surface area contributed by atoms with Crippen LogP contribution in [0.3, 0.4) is 0 Å². The van der Waals surface area contributed by atoms with Gasteiger partial charge in [0.1, 0.15) is 0 Å². The Kier molecular flexibility index (Phi) is 5.05. The molecule has 0 radical (unpaired) electrons. The van der Waals surface area contributed by atoms with E-state index >= 15 is 0 Å². The van der Waals surface area contributed by atoms with Gasteiger partial charge in [0.15, 0.2) is 0 Å². The van der Waals surface area contributed by atoms with Crippen LogP contribution >= 0.6 is 0 Å². The molecular weight excluding hydrogens is 192 g/mol. The maximum atomic E-state index is 11.7. The van der Waals surface area contributed by atoms with Crippen LogP contribution in [0.25, 0.3) is 0 Å². The molecule has 1 aliphatic rings. The number of carbonyl (C=O) groups is 1. The molecular formula is C11H22N2O2. The normalized spacial score (nSPS) is 28.5.